The molecule has 0 bridgehead atoms. The lowest BCUT2D eigenvalue weighted by Crippen LogP contribution is -2.14. The van der Waals surface area contributed by atoms with E-state index in [2.05, 4.69) is 0 Å². The number of carbonyl (C=O) groups is 1. The van der Waals surface area contributed by atoms with Crippen molar-refractivity contribution >= 4 is 5.97 Å². The second-order valence-corrected chi connectivity index (χ2v) is 4.05. The van der Waals surface area contributed by atoms with Crippen molar-refractivity contribution in [1.82, 2.24) is 0 Å². The van der Waals surface area contributed by atoms with Crippen molar-refractivity contribution in [1.29, 1.82) is 0 Å². The molecule has 0 aromatic heterocycles. The van der Waals surface area contributed by atoms with Crippen molar-refractivity contribution in [3.8, 4) is 5.75 Å². The zero-order valence-electron chi connectivity index (χ0n) is 10.7. The van der Waals surface area contributed by atoms with Crippen molar-refractivity contribution in [2.45, 2.75) is 25.5 Å². The lowest BCUT2D eigenvalue weighted by Gasteiger charge is -2.16. The summed E-state index contributed by atoms with van der Waals surface area (Å²) in [4.78, 5) is 10.6. The molecule has 5 heteroatoms. The van der Waals surface area contributed by atoms with E-state index in [1.165, 1.54) is 0 Å². The van der Waals surface area contributed by atoms with Crippen LogP contribution in [0, 0.1) is 0 Å². The van der Waals surface area contributed by atoms with Crippen LogP contribution in [0.3, 0.4) is 0 Å². The van der Waals surface area contributed by atoms with Crippen LogP contribution in [0.4, 0.5) is 0 Å². The Bertz CT molecular complexity index is 406. The first-order chi connectivity index (χ1) is 8.58. The van der Waals surface area contributed by atoms with E-state index in [0.29, 0.717) is 18.8 Å². The second kappa shape index (κ2) is 6.98. The van der Waals surface area contributed by atoms with E-state index < -0.39 is 5.97 Å². The fraction of sp³-hybridized carbons (Fsp3) is 0.462. The van der Waals surface area contributed by atoms with Crippen LogP contribution in [0.5, 0.6) is 5.75 Å². The van der Waals surface area contributed by atoms with Crippen LogP contribution in [-0.2, 0) is 16.1 Å². The normalized spacial score (nSPS) is 12.2. The van der Waals surface area contributed by atoms with Gasteiger partial charge in [0.25, 0.3) is 0 Å². The third-order valence-corrected chi connectivity index (χ3v) is 2.67. The quantitative estimate of drug-likeness (QED) is 0.773. The lowest BCUT2D eigenvalue weighted by atomic mass is 9.99. The van der Waals surface area contributed by atoms with Gasteiger partial charge in [0.2, 0.25) is 0 Å². The summed E-state index contributed by atoms with van der Waals surface area (Å²) in [7, 11) is 3.19. The van der Waals surface area contributed by atoms with Crippen LogP contribution in [0.2, 0.25) is 0 Å². The van der Waals surface area contributed by atoms with Crippen LogP contribution in [0.1, 0.15) is 30.0 Å². The molecule has 5 nitrogen and oxygen atoms in total. The SMILES string of the molecule is COCc1ccc(OC)c(C(N)CCC(=O)O)c1. The molecule has 0 aliphatic rings. The fourth-order valence-corrected chi connectivity index (χ4v) is 1.76. The smallest absolute Gasteiger partial charge is 0.303 e. The Hall–Kier alpha value is -1.59. The lowest BCUT2D eigenvalue weighted by molar-refractivity contribution is -0.137. The summed E-state index contributed by atoms with van der Waals surface area (Å²) in [5.41, 5.74) is 7.80. The molecule has 0 radical (unpaired) electrons. The summed E-state index contributed by atoms with van der Waals surface area (Å²) >= 11 is 0. The molecule has 1 aromatic carbocycles. The number of nitrogens with two attached hydrogens (primary N) is 1. The molecule has 0 saturated carbocycles. The predicted octanol–water partition coefficient (Wildman–Crippen LogP) is 1.71. The van der Waals surface area contributed by atoms with Crippen LogP contribution in [0.15, 0.2) is 18.2 Å². The zero-order chi connectivity index (χ0) is 13.5. The van der Waals surface area contributed by atoms with Gasteiger partial charge >= 0.3 is 5.97 Å². The maximum atomic E-state index is 10.6. The number of aliphatic carboxylic acids is 1. The number of carboxylic acids is 1. The van der Waals surface area contributed by atoms with Crippen molar-refractivity contribution in [2.24, 2.45) is 5.73 Å². The number of rotatable bonds is 7. The van der Waals surface area contributed by atoms with Gasteiger partial charge in [-0.05, 0) is 24.1 Å². The van der Waals surface area contributed by atoms with E-state index >= 15 is 0 Å². The monoisotopic (exact) mass is 253 g/mol. The minimum atomic E-state index is -0.850. The standard InChI is InChI=1S/C13H19NO4/c1-17-8-9-3-5-12(18-2)10(7-9)11(14)4-6-13(15)16/h3,5,7,11H,4,6,8,14H2,1-2H3,(H,15,16). The highest BCUT2D eigenvalue weighted by Gasteiger charge is 2.14. The largest absolute Gasteiger partial charge is 0.496 e. The Morgan fingerprint density at radius 3 is 2.72 bits per heavy atom. The molecule has 0 aliphatic carbocycles. The number of methoxy groups -OCH3 is 2. The average Bonchev–Trinajstić information content (AvgIpc) is 2.36. The first kappa shape index (κ1) is 14.5. The van der Waals surface area contributed by atoms with E-state index in [4.69, 9.17) is 20.3 Å². The van der Waals surface area contributed by atoms with Gasteiger partial charge in [0.05, 0.1) is 13.7 Å². The van der Waals surface area contributed by atoms with Gasteiger partial charge in [-0.1, -0.05) is 6.07 Å². The predicted molar refractivity (Wildman–Crippen MR) is 67.5 cm³/mol. The van der Waals surface area contributed by atoms with Gasteiger partial charge < -0.3 is 20.3 Å². The summed E-state index contributed by atoms with van der Waals surface area (Å²) in [6.45, 7) is 0.489. The van der Waals surface area contributed by atoms with E-state index in [1.54, 1.807) is 14.2 Å². The van der Waals surface area contributed by atoms with Gasteiger partial charge in [0, 0.05) is 25.1 Å². The van der Waals surface area contributed by atoms with E-state index in [-0.39, 0.29) is 12.5 Å². The van der Waals surface area contributed by atoms with Gasteiger partial charge in [-0.2, -0.15) is 0 Å². The molecule has 0 fully saturated rings. The Balaban J connectivity index is 2.88. The molecule has 0 spiro atoms. The third kappa shape index (κ3) is 4.01. The number of benzene rings is 1. The number of hydrogen-bond donors (Lipinski definition) is 2. The van der Waals surface area contributed by atoms with Crippen molar-refractivity contribution < 1.29 is 19.4 Å². The number of hydrogen-bond acceptors (Lipinski definition) is 4. The zero-order valence-corrected chi connectivity index (χ0v) is 10.7. The topological polar surface area (TPSA) is 81.8 Å². The molecule has 1 atom stereocenters. The first-order valence-corrected chi connectivity index (χ1v) is 5.71. The van der Waals surface area contributed by atoms with Gasteiger partial charge in [0.1, 0.15) is 5.75 Å². The highest BCUT2D eigenvalue weighted by atomic mass is 16.5. The van der Waals surface area contributed by atoms with Crippen molar-refractivity contribution in [2.75, 3.05) is 14.2 Å². The summed E-state index contributed by atoms with van der Waals surface area (Å²) < 4.78 is 10.3. The minimum Gasteiger partial charge on any atom is -0.496 e. The summed E-state index contributed by atoms with van der Waals surface area (Å²) in [5.74, 6) is -0.176. The molecule has 0 saturated heterocycles. The maximum absolute atomic E-state index is 10.6. The summed E-state index contributed by atoms with van der Waals surface area (Å²) in [6, 6.07) is 5.27. The molecule has 1 rings (SSSR count). The Morgan fingerprint density at radius 2 is 2.17 bits per heavy atom. The van der Waals surface area contributed by atoms with Crippen molar-refractivity contribution in [3.63, 3.8) is 0 Å². The Morgan fingerprint density at radius 1 is 1.44 bits per heavy atom. The minimum absolute atomic E-state index is 0.0405. The molecule has 0 aliphatic heterocycles. The van der Waals surface area contributed by atoms with E-state index in [1.807, 2.05) is 18.2 Å². The second-order valence-electron chi connectivity index (χ2n) is 4.05. The van der Waals surface area contributed by atoms with Gasteiger partial charge in [-0.3, -0.25) is 4.79 Å². The van der Waals surface area contributed by atoms with E-state index in [9.17, 15) is 4.79 Å². The Labute approximate surface area is 107 Å². The highest BCUT2D eigenvalue weighted by molar-refractivity contribution is 5.66. The molecule has 1 unspecified atom stereocenters. The summed E-state index contributed by atoms with van der Waals surface area (Å²) in [5, 5.41) is 8.67. The number of carboxylic acid groups (broad SMARTS) is 1. The molecule has 1 aromatic rings. The fourth-order valence-electron chi connectivity index (χ4n) is 1.76. The maximum Gasteiger partial charge on any atom is 0.303 e. The molecular formula is C13H19NO4. The number of ether oxygens (including phenoxy) is 2. The third-order valence-electron chi connectivity index (χ3n) is 2.67. The Kier molecular flexibility index (Phi) is 5.61. The molecule has 18 heavy (non-hydrogen) atoms. The van der Waals surface area contributed by atoms with Crippen LogP contribution in [0.25, 0.3) is 0 Å². The first-order valence-electron chi connectivity index (χ1n) is 5.71. The van der Waals surface area contributed by atoms with Crippen LogP contribution < -0.4 is 10.5 Å². The molecule has 100 valence electrons. The van der Waals surface area contributed by atoms with Gasteiger partial charge in [-0.15, -0.1) is 0 Å². The van der Waals surface area contributed by atoms with E-state index in [0.717, 1.165) is 11.1 Å². The molecule has 0 amide bonds. The molecule has 0 heterocycles. The van der Waals surface area contributed by atoms with Crippen LogP contribution >= 0.6 is 0 Å². The molecule has 3 N–H and O–H groups in total. The van der Waals surface area contributed by atoms with Gasteiger partial charge in [-0.25, -0.2) is 0 Å². The van der Waals surface area contributed by atoms with Gasteiger partial charge in [0.15, 0.2) is 0 Å². The summed E-state index contributed by atoms with van der Waals surface area (Å²) in [6.07, 6.45) is 0.418. The highest BCUT2D eigenvalue weighted by Crippen LogP contribution is 2.27. The van der Waals surface area contributed by atoms with Crippen LogP contribution in [-0.4, -0.2) is 25.3 Å². The van der Waals surface area contributed by atoms with Crippen molar-refractivity contribution in [3.05, 3.63) is 29.3 Å². The average molecular weight is 253 g/mol. The molecular weight excluding hydrogens is 234 g/mol.